The number of rotatable bonds is 2. The molecule has 0 bridgehead atoms. The standard InChI is InChI=1S/C8H7F3N4O/c9-8(10,11)16-6-4(2-12)1-5(3-13)15-7(6)14/h1H,2,12H2,(H2,14,15). The van der Waals surface area contributed by atoms with Crippen LogP contribution >= 0.6 is 0 Å². The fourth-order valence-electron chi connectivity index (χ4n) is 1.05. The number of pyridine rings is 1. The first-order chi connectivity index (χ1) is 7.37. The summed E-state index contributed by atoms with van der Waals surface area (Å²) in [7, 11) is 0. The number of ether oxygens (including phenoxy) is 1. The fourth-order valence-corrected chi connectivity index (χ4v) is 1.05. The van der Waals surface area contributed by atoms with E-state index in [1.54, 1.807) is 6.07 Å². The third-order valence-electron chi connectivity index (χ3n) is 1.63. The number of aromatic nitrogens is 1. The van der Waals surface area contributed by atoms with Gasteiger partial charge < -0.3 is 16.2 Å². The predicted molar refractivity (Wildman–Crippen MR) is 47.9 cm³/mol. The summed E-state index contributed by atoms with van der Waals surface area (Å²) in [5.41, 5.74) is 10.3. The largest absolute Gasteiger partial charge is 0.573 e. The maximum atomic E-state index is 12.0. The van der Waals surface area contributed by atoms with E-state index in [1.807, 2.05) is 0 Å². The molecular weight excluding hydrogens is 225 g/mol. The van der Waals surface area contributed by atoms with Crippen LogP contribution in [0.1, 0.15) is 11.3 Å². The van der Waals surface area contributed by atoms with Gasteiger partial charge >= 0.3 is 6.36 Å². The molecule has 1 aromatic heterocycles. The minimum Gasteiger partial charge on any atom is -0.401 e. The molecule has 16 heavy (non-hydrogen) atoms. The van der Waals surface area contributed by atoms with E-state index in [1.165, 1.54) is 0 Å². The Balaban J connectivity index is 3.23. The lowest BCUT2D eigenvalue weighted by Gasteiger charge is -2.13. The summed E-state index contributed by atoms with van der Waals surface area (Å²) in [6.07, 6.45) is -4.88. The Kier molecular flexibility index (Phi) is 3.20. The zero-order valence-corrected chi connectivity index (χ0v) is 7.88. The highest BCUT2D eigenvalue weighted by Gasteiger charge is 2.33. The topological polar surface area (TPSA) is 98.0 Å². The zero-order valence-electron chi connectivity index (χ0n) is 7.88. The highest BCUT2D eigenvalue weighted by Crippen LogP contribution is 2.31. The highest BCUT2D eigenvalue weighted by atomic mass is 19.4. The highest BCUT2D eigenvalue weighted by molar-refractivity contribution is 5.54. The molecule has 1 rings (SSSR count). The van der Waals surface area contributed by atoms with Crippen molar-refractivity contribution in [2.75, 3.05) is 5.73 Å². The molecule has 0 aliphatic rings. The monoisotopic (exact) mass is 232 g/mol. The van der Waals surface area contributed by atoms with Crippen molar-refractivity contribution in [3.8, 4) is 11.8 Å². The fraction of sp³-hybridized carbons (Fsp3) is 0.250. The molecule has 8 heteroatoms. The van der Waals surface area contributed by atoms with Crippen molar-refractivity contribution in [2.45, 2.75) is 12.9 Å². The third kappa shape index (κ3) is 2.74. The van der Waals surface area contributed by atoms with E-state index in [0.717, 1.165) is 6.07 Å². The van der Waals surface area contributed by atoms with Crippen molar-refractivity contribution in [1.29, 1.82) is 5.26 Å². The Hall–Kier alpha value is -2.01. The molecule has 0 aliphatic carbocycles. The van der Waals surface area contributed by atoms with Crippen LogP contribution in [0, 0.1) is 11.3 Å². The summed E-state index contributed by atoms with van der Waals surface area (Å²) in [5.74, 6) is -1.18. The number of halogens is 3. The average Bonchev–Trinajstić information content (AvgIpc) is 2.19. The van der Waals surface area contributed by atoms with Gasteiger partial charge in [-0.1, -0.05) is 0 Å². The van der Waals surface area contributed by atoms with Crippen molar-refractivity contribution < 1.29 is 17.9 Å². The summed E-state index contributed by atoms with van der Waals surface area (Å²) in [5, 5.41) is 8.53. The molecule has 0 unspecified atom stereocenters. The Morgan fingerprint density at radius 3 is 2.56 bits per heavy atom. The number of nitriles is 1. The smallest absolute Gasteiger partial charge is 0.401 e. The Morgan fingerprint density at radius 2 is 2.12 bits per heavy atom. The van der Waals surface area contributed by atoms with E-state index in [-0.39, 0.29) is 17.8 Å². The number of hydrogen-bond donors (Lipinski definition) is 2. The molecule has 0 amide bonds. The maximum Gasteiger partial charge on any atom is 0.573 e. The molecule has 0 aliphatic heterocycles. The van der Waals surface area contributed by atoms with Gasteiger partial charge in [0.2, 0.25) is 0 Å². The summed E-state index contributed by atoms with van der Waals surface area (Å²) in [6, 6.07) is 2.74. The van der Waals surface area contributed by atoms with E-state index in [4.69, 9.17) is 16.7 Å². The van der Waals surface area contributed by atoms with Crippen molar-refractivity contribution in [3.63, 3.8) is 0 Å². The molecule has 4 N–H and O–H groups in total. The van der Waals surface area contributed by atoms with Crippen molar-refractivity contribution in [3.05, 3.63) is 17.3 Å². The third-order valence-corrected chi connectivity index (χ3v) is 1.63. The van der Waals surface area contributed by atoms with Gasteiger partial charge in [0.1, 0.15) is 11.8 Å². The SMILES string of the molecule is N#Cc1cc(CN)c(OC(F)(F)F)c(N)n1. The first-order valence-corrected chi connectivity index (χ1v) is 4.02. The van der Waals surface area contributed by atoms with Crippen LogP contribution in [-0.4, -0.2) is 11.3 Å². The molecule has 1 heterocycles. The van der Waals surface area contributed by atoms with Gasteiger partial charge in [0.05, 0.1) is 0 Å². The van der Waals surface area contributed by atoms with E-state index >= 15 is 0 Å². The molecule has 0 saturated heterocycles. The molecule has 0 fully saturated rings. The van der Waals surface area contributed by atoms with E-state index in [2.05, 4.69) is 9.72 Å². The molecule has 1 aromatic rings. The summed E-state index contributed by atoms with van der Waals surface area (Å²) < 4.78 is 39.7. The lowest BCUT2D eigenvalue weighted by atomic mass is 10.2. The number of alkyl halides is 3. The van der Waals surface area contributed by atoms with Gasteiger partial charge in [0, 0.05) is 12.1 Å². The molecule has 86 valence electrons. The van der Waals surface area contributed by atoms with Gasteiger partial charge in [-0.05, 0) is 6.07 Å². The summed E-state index contributed by atoms with van der Waals surface area (Å²) >= 11 is 0. The first-order valence-electron chi connectivity index (χ1n) is 4.02. The number of hydrogen-bond acceptors (Lipinski definition) is 5. The van der Waals surface area contributed by atoms with Crippen LogP contribution in [0.2, 0.25) is 0 Å². The zero-order chi connectivity index (χ0) is 12.3. The van der Waals surface area contributed by atoms with Crippen molar-refractivity contribution in [2.24, 2.45) is 5.73 Å². The van der Waals surface area contributed by atoms with Crippen LogP contribution in [0.25, 0.3) is 0 Å². The minimum atomic E-state index is -4.88. The second-order valence-electron chi connectivity index (χ2n) is 2.74. The normalized spacial score (nSPS) is 10.9. The van der Waals surface area contributed by atoms with Gasteiger partial charge in [-0.15, -0.1) is 13.2 Å². The van der Waals surface area contributed by atoms with Gasteiger partial charge in [-0.2, -0.15) is 5.26 Å². The Labute approximate surface area is 88.4 Å². The van der Waals surface area contributed by atoms with Crippen LogP contribution < -0.4 is 16.2 Å². The molecule has 0 saturated carbocycles. The van der Waals surface area contributed by atoms with Gasteiger partial charge in [-0.3, -0.25) is 0 Å². The Bertz CT molecular complexity index is 438. The van der Waals surface area contributed by atoms with Gasteiger partial charge in [0.15, 0.2) is 11.6 Å². The number of nitrogens with zero attached hydrogens (tertiary/aromatic N) is 2. The summed E-state index contributed by atoms with van der Waals surface area (Å²) in [6.45, 7) is -0.243. The number of nitrogen functional groups attached to an aromatic ring is 1. The van der Waals surface area contributed by atoms with Crippen molar-refractivity contribution >= 4 is 5.82 Å². The quantitative estimate of drug-likeness (QED) is 0.789. The van der Waals surface area contributed by atoms with Crippen LogP contribution in [0.15, 0.2) is 6.07 Å². The van der Waals surface area contributed by atoms with Crippen molar-refractivity contribution in [1.82, 2.24) is 4.98 Å². The van der Waals surface area contributed by atoms with Gasteiger partial charge in [-0.25, -0.2) is 4.98 Å². The van der Waals surface area contributed by atoms with Crippen LogP contribution in [0.4, 0.5) is 19.0 Å². The van der Waals surface area contributed by atoms with Crippen LogP contribution in [0.3, 0.4) is 0 Å². The first kappa shape index (κ1) is 12.1. The Morgan fingerprint density at radius 1 is 1.50 bits per heavy atom. The molecule has 5 nitrogen and oxygen atoms in total. The van der Waals surface area contributed by atoms with Gasteiger partial charge in [0.25, 0.3) is 0 Å². The molecule has 0 atom stereocenters. The van der Waals surface area contributed by atoms with E-state index in [0.29, 0.717) is 0 Å². The number of nitrogens with two attached hydrogens (primary N) is 2. The predicted octanol–water partition coefficient (Wildman–Crippen LogP) is 0.893. The molecule has 0 spiro atoms. The lowest BCUT2D eigenvalue weighted by molar-refractivity contribution is -0.274. The molecule has 0 aromatic carbocycles. The second kappa shape index (κ2) is 4.24. The minimum absolute atomic E-state index is 0.0265. The maximum absolute atomic E-state index is 12.0. The summed E-state index contributed by atoms with van der Waals surface area (Å²) in [4.78, 5) is 3.42. The van der Waals surface area contributed by atoms with Crippen LogP contribution in [0.5, 0.6) is 5.75 Å². The second-order valence-corrected chi connectivity index (χ2v) is 2.74. The number of anilines is 1. The average molecular weight is 232 g/mol. The van der Waals surface area contributed by atoms with E-state index in [9.17, 15) is 13.2 Å². The lowest BCUT2D eigenvalue weighted by Crippen LogP contribution is -2.20. The molecule has 0 radical (unpaired) electrons. The van der Waals surface area contributed by atoms with E-state index < -0.39 is 17.9 Å². The van der Waals surface area contributed by atoms with Crippen LogP contribution in [-0.2, 0) is 6.54 Å². The molecular formula is C8H7F3N4O.